The lowest BCUT2D eigenvalue weighted by atomic mass is 9.97. The monoisotopic (exact) mass is 270 g/mol. The van der Waals surface area contributed by atoms with Crippen molar-refractivity contribution in [1.29, 1.82) is 0 Å². The third kappa shape index (κ3) is 3.03. The molecule has 104 valence electrons. The lowest BCUT2D eigenvalue weighted by Gasteiger charge is -2.17. The summed E-state index contributed by atoms with van der Waals surface area (Å²) in [4.78, 5) is 10.4. The van der Waals surface area contributed by atoms with Crippen molar-refractivity contribution < 1.29 is 23.4 Å². The summed E-state index contributed by atoms with van der Waals surface area (Å²) >= 11 is 0. The molecule has 19 heavy (non-hydrogen) atoms. The van der Waals surface area contributed by atoms with Crippen molar-refractivity contribution in [2.45, 2.75) is 44.6 Å². The van der Waals surface area contributed by atoms with Gasteiger partial charge in [0, 0.05) is 18.4 Å². The van der Waals surface area contributed by atoms with Gasteiger partial charge in [-0.25, -0.2) is 8.78 Å². The number of ether oxygens (including phenoxy) is 1. The van der Waals surface area contributed by atoms with Crippen molar-refractivity contribution in [3.8, 4) is 5.75 Å². The van der Waals surface area contributed by atoms with E-state index < -0.39 is 24.7 Å². The van der Waals surface area contributed by atoms with Gasteiger partial charge in [0.1, 0.15) is 11.4 Å². The van der Waals surface area contributed by atoms with Crippen LogP contribution in [0.1, 0.15) is 37.8 Å². The molecule has 0 unspecified atom stereocenters. The zero-order valence-electron chi connectivity index (χ0n) is 10.9. The molecule has 0 saturated carbocycles. The van der Waals surface area contributed by atoms with E-state index in [4.69, 9.17) is 9.84 Å². The van der Waals surface area contributed by atoms with Crippen LogP contribution in [0.25, 0.3) is 0 Å². The highest BCUT2D eigenvalue weighted by Crippen LogP contribution is 2.40. The molecule has 0 amide bonds. The van der Waals surface area contributed by atoms with Crippen LogP contribution in [0.4, 0.5) is 8.78 Å². The molecule has 1 aliphatic rings. The van der Waals surface area contributed by atoms with E-state index in [2.05, 4.69) is 0 Å². The first-order valence-corrected chi connectivity index (χ1v) is 6.12. The van der Waals surface area contributed by atoms with Gasteiger partial charge in [0.15, 0.2) is 0 Å². The van der Waals surface area contributed by atoms with Crippen molar-refractivity contribution in [3.05, 3.63) is 29.3 Å². The van der Waals surface area contributed by atoms with Gasteiger partial charge in [-0.3, -0.25) is 4.79 Å². The number of aliphatic carboxylic acids is 1. The minimum Gasteiger partial charge on any atom is -0.487 e. The first-order chi connectivity index (χ1) is 8.70. The van der Waals surface area contributed by atoms with Crippen LogP contribution >= 0.6 is 0 Å². The quantitative estimate of drug-likeness (QED) is 0.912. The molecule has 0 spiro atoms. The fourth-order valence-electron chi connectivity index (χ4n) is 2.25. The number of benzene rings is 1. The van der Waals surface area contributed by atoms with Crippen molar-refractivity contribution in [1.82, 2.24) is 0 Å². The summed E-state index contributed by atoms with van der Waals surface area (Å²) in [7, 11) is 0. The van der Waals surface area contributed by atoms with Gasteiger partial charge in [-0.1, -0.05) is 0 Å². The summed E-state index contributed by atoms with van der Waals surface area (Å²) in [6.07, 6.45) is -0.664. The highest BCUT2D eigenvalue weighted by Gasteiger charge is 2.35. The molecule has 3 nitrogen and oxygen atoms in total. The van der Waals surface area contributed by atoms with E-state index in [0.717, 1.165) is 5.56 Å². The van der Waals surface area contributed by atoms with Crippen LogP contribution in [-0.4, -0.2) is 16.7 Å². The summed E-state index contributed by atoms with van der Waals surface area (Å²) in [6, 6.07) is 4.27. The SMILES string of the molecule is CC1(C)Cc2cc(C(F)(F)CCC(=O)O)ccc2O1. The number of halogens is 2. The molecule has 1 heterocycles. The van der Waals surface area contributed by atoms with Gasteiger partial charge in [0.05, 0.1) is 6.42 Å². The Bertz CT molecular complexity index is 509. The van der Waals surface area contributed by atoms with Crippen LogP contribution in [0.3, 0.4) is 0 Å². The molecular weight excluding hydrogens is 254 g/mol. The maximum Gasteiger partial charge on any atom is 0.303 e. The highest BCUT2D eigenvalue weighted by molar-refractivity contribution is 5.66. The van der Waals surface area contributed by atoms with Crippen molar-refractivity contribution in [2.24, 2.45) is 0 Å². The maximum absolute atomic E-state index is 13.9. The minimum absolute atomic E-state index is 0.145. The fraction of sp³-hybridized carbons (Fsp3) is 0.500. The molecule has 5 heteroatoms. The Balaban J connectivity index is 2.21. The van der Waals surface area contributed by atoms with Crippen molar-refractivity contribution in [2.75, 3.05) is 0 Å². The standard InChI is InChI=1S/C14H16F2O3/c1-13(2)8-9-7-10(3-4-11(9)19-13)14(15,16)6-5-12(17)18/h3-4,7H,5-6,8H2,1-2H3,(H,17,18). The second kappa shape index (κ2) is 4.47. The van der Waals surface area contributed by atoms with Gasteiger partial charge in [0.25, 0.3) is 5.92 Å². The maximum atomic E-state index is 13.9. The molecule has 0 aliphatic carbocycles. The number of rotatable bonds is 4. The molecule has 1 aromatic carbocycles. The number of hydrogen-bond acceptors (Lipinski definition) is 2. The number of hydrogen-bond donors (Lipinski definition) is 1. The average molecular weight is 270 g/mol. The molecule has 0 saturated heterocycles. The van der Waals surface area contributed by atoms with Crippen LogP contribution < -0.4 is 4.74 Å². The topological polar surface area (TPSA) is 46.5 Å². The third-order valence-corrected chi connectivity index (χ3v) is 3.14. The van der Waals surface area contributed by atoms with Crippen molar-refractivity contribution >= 4 is 5.97 Å². The second-order valence-electron chi connectivity index (χ2n) is 5.46. The van der Waals surface area contributed by atoms with Crippen LogP contribution in [0.2, 0.25) is 0 Å². The molecule has 1 N–H and O–H groups in total. The van der Waals surface area contributed by atoms with E-state index in [9.17, 15) is 13.6 Å². The first kappa shape index (κ1) is 13.8. The number of alkyl halides is 2. The van der Waals surface area contributed by atoms with Gasteiger partial charge in [-0.15, -0.1) is 0 Å². The number of fused-ring (bicyclic) bond motifs is 1. The molecule has 1 aromatic rings. The molecule has 0 aromatic heterocycles. The Morgan fingerprint density at radius 1 is 1.47 bits per heavy atom. The van der Waals surface area contributed by atoms with Crippen LogP contribution in [0, 0.1) is 0 Å². The van der Waals surface area contributed by atoms with Gasteiger partial charge in [-0.05, 0) is 37.6 Å². The molecule has 0 fully saturated rings. The number of carboxylic acid groups (broad SMARTS) is 1. The van der Waals surface area contributed by atoms with Crippen molar-refractivity contribution in [3.63, 3.8) is 0 Å². The van der Waals surface area contributed by atoms with Gasteiger partial charge < -0.3 is 9.84 Å². The third-order valence-electron chi connectivity index (χ3n) is 3.14. The minimum atomic E-state index is -3.12. The Hall–Kier alpha value is -1.65. The molecule has 1 aliphatic heterocycles. The zero-order chi connectivity index (χ0) is 14.3. The largest absolute Gasteiger partial charge is 0.487 e. The normalized spacial score (nSPS) is 16.8. The van der Waals surface area contributed by atoms with Gasteiger partial charge in [-0.2, -0.15) is 0 Å². The van der Waals surface area contributed by atoms with E-state index in [1.54, 1.807) is 0 Å². The predicted octanol–water partition coefficient (Wildman–Crippen LogP) is 3.36. The van der Waals surface area contributed by atoms with Gasteiger partial charge >= 0.3 is 5.97 Å². The number of carboxylic acids is 1. The Labute approximate surface area is 110 Å². The average Bonchev–Trinajstić information content (AvgIpc) is 2.59. The van der Waals surface area contributed by atoms with Crippen LogP contribution in [-0.2, 0) is 17.1 Å². The zero-order valence-corrected chi connectivity index (χ0v) is 10.9. The fourth-order valence-corrected chi connectivity index (χ4v) is 2.25. The lowest BCUT2D eigenvalue weighted by molar-refractivity contribution is -0.139. The smallest absolute Gasteiger partial charge is 0.303 e. The summed E-state index contributed by atoms with van der Waals surface area (Å²) in [5, 5.41) is 8.49. The molecule has 0 radical (unpaired) electrons. The van der Waals surface area contributed by atoms with Crippen LogP contribution in [0.15, 0.2) is 18.2 Å². The van der Waals surface area contributed by atoms with E-state index in [1.165, 1.54) is 18.2 Å². The Morgan fingerprint density at radius 3 is 2.79 bits per heavy atom. The van der Waals surface area contributed by atoms with E-state index in [0.29, 0.717) is 12.2 Å². The molecule has 0 bridgehead atoms. The van der Waals surface area contributed by atoms with E-state index >= 15 is 0 Å². The molecule has 0 atom stereocenters. The van der Waals surface area contributed by atoms with Crippen LogP contribution in [0.5, 0.6) is 5.75 Å². The van der Waals surface area contributed by atoms with E-state index in [-0.39, 0.29) is 11.2 Å². The summed E-state index contributed by atoms with van der Waals surface area (Å²) in [5.74, 6) is -3.71. The predicted molar refractivity (Wildman–Crippen MR) is 65.6 cm³/mol. The second-order valence-corrected chi connectivity index (χ2v) is 5.46. The molecule has 2 rings (SSSR count). The lowest BCUT2D eigenvalue weighted by Crippen LogP contribution is -2.24. The summed E-state index contributed by atoms with van der Waals surface area (Å²) in [6.45, 7) is 3.80. The van der Waals surface area contributed by atoms with E-state index in [1.807, 2.05) is 13.8 Å². The van der Waals surface area contributed by atoms with Gasteiger partial charge in [0.2, 0.25) is 0 Å². The summed E-state index contributed by atoms with van der Waals surface area (Å²) in [5.41, 5.74) is 0.225. The molecular formula is C14H16F2O3. The Kier molecular flexibility index (Phi) is 3.24. The highest BCUT2D eigenvalue weighted by atomic mass is 19.3. The number of carbonyl (C=O) groups is 1. The summed E-state index contributed by atoms with van der Waals surface area (Å²) < 4.78 is 33.4. The first-order valence-electron chi connectivity index (χ1n) is 6.12. The Morgan fingerprint density at radius 2 is 2.16 bits per heavy atom.